The number of hydrogen-bond donors (Lipinski definition) is 0. The average molecular weight is 168 g/mol. The van der Waals surface area contributed by atoms with E-state index in [1.54, 1.807) is 0 Å². The minimum atomic E-state index is 0.655. The lowest BCUT2D eigenvalue weighted by Gasteiger charge is -2.00. The summed E-state index contributed by atoms with van der Waals surface area (Å²) in [7, 11) is 0. The van der Waals surface area contributed by atoms with Crippen LogP contribution in [0.4, 0.5) is 0 Å². The van der Waals surface area contributed by atoms with Crippen LogP contribution >= 0.6 is 11.6 Å². The van der Waals surface area contributed by atoms with Gasteiger partial charge in [0.1, 0.15) is 0 Å². The highest BCUT2D eigenvalue weighted by Gasteiger charge is 2.27. The Hall–Kier alpha value is -0.560. The summed E-state index contributed by atoms with van der Waals surface area (Å²) in [5, 5.41) is 0.832. The molecule has 1 nitrogen and oxygen atoms in total. The molecule has 1 heterocycles. The van der Waals surface area contributed by atoms with Crippen molar-refractivity contribution in [2.24, 2.45) is 0 Å². The summed E-state index contributed by atoms with van der Waals surface area (Å²) in [6, 6.07) is 3.89. The highest BCUT2D eigenvalue weighted by Crippen LogP contribution is 2.41. The number of pyridine rings is 1. The molecule has 0 amide bonds. The molecule has 0 aliphatic heterocycles. The Balaban J connectivity index is 2.42. The Morgan fingerprint density at radius 1 is 1.45 bits per heavy atom. The zero-order chi connectivity index (χ0) is 7.84. The molecule has 0 spiro atoms. The zero-order valence-corrected chi connectivity index (χ0v) is 7.23. The second kappa shape index (κ2) is 2.49. The van der Waals surface area contributed by atoms with Crippen molar-refractivity contribution in [1.82, 2.24) is 4.98 Å². The first-order valence-corrected chi connectivity index (χ1v) is 4.28. The largest absolute Gasteiger partial charge is 0.256 e. The van der Waals surface area contributed by atoms with Gasteiger partial charge in [0.05, 0.1) is 10.7 Å². The average Bonchev–Trinajstić information content (AvgIpc) is 2.76. The molecule has 1 aromatic heterocycles. The second-order valence-corrected chi connectivity index (χ2v) is 3.50. The van der Waals surface area contributed by atoms with Gasteiger partial charge in [-0.1, -0.05) is 11.6 Å². The number of aryl methyl sites for hydroxylation is 1. The van der Waals surface area contributed by atoms with Gasteiger partial charge in [-0.05, 0) is 31.9 Å². The molecule has 0 saturated heterocycles. The van der Waals surface area contributed by atoms with E-state index < -0.39 is 0 Å². The summed E-state index contributed by atoms with van der Waals surface area (Å²) in [5.41, 5.74) is 2.17. The maximum absolute atomic E-state index is 5.97. The fourth-order valence-electron chi connectivity index (χ4n) is 1.20. The summed E-state index contributed by atoms with van der Waals surface area (Å²) in [5.74, 6) is 0.655. The molecular formula is C9H10ClN. The molecule has 58 valence electrons. The van der Waals surface area contributed by atoms with Crippen molar-refractivity contribution in [3.8, 4) is 0 Å². The van der Waals surface area contributed by atoms with Crippen molar-refractivity contribution < 1.29 is 0 Å². The van der Waals surface area contributed by atoms with Crippen LogP contribution in [0.1, 0.15) is 30.1 Å². The SMILES string of the molecule is Cc1ccc(Cl)c(C2CC2)n1. The van der Waals surface area contributed by atoms with Crippen LogP contribution < -0.4 is 0 Å². The molecule has 0 radical (unpaired) electrons. The van der Waals surface area contributed by atoms with Gasteiger partial charge in [0, 0.05) is 11.6 Å². The summed E-state index contributed by atoms with van der Waals surface area (Å²) in [4.78, 5) is 4.40. The zero-order valence-electron chi connectivity index (χ0n) is 6.47. The minimum absolute atomic E-state index is 0.655. The van der Waals surface area contributed by atoms with Crippen LogP contribution in [0, 0.1) is 6.92 Å². The van der Waals surface area contributed by atoms with Crippen LogP contribution in [0.15, 0.2) is 12.1 Å². The summed E-state index contributed by atoms with van der Waals surface area (Å²) in [6.45, 7) is 2.00. The van der Waals surface area contributed by atoms with Crippen molar-refractivity contribution in [3.05, 3.63) is 28.5 Å². The lowest BCUT2D eigenvalue weighted by atomic mass is 10.2. The van der Waals surface area contributed by atoms with Gasteiger partial charge in [0.25, 0.3) is 0 Å². The van der Waals surface area contributed by atoms with E-state index in [0.717, 1.165) is 16.4 Å². The Morgan fingerprint density at radius 2 is 2.18 bits per heavy atom. The van der Waals surface area contributed by atoms with E-state index >= 15 is 0 Å². The van der Waals surface area contributed by atoms with Crippen molar-refractivity contribution in [2.75, 3.05) is 0 Å². The molecule has 0 atom stereocenters. The Bertz CT molecular complexity index is 279. The molecule has 11 heavy (non-hydrogen) atoms. The summed E-state index contributed by atoms with van der Waals surface area (Å²) in [6.07, 6.45) is 2.52. The molecule has 0 unspecified atom stereocenters. The topological polar surface area (TPSA) is 12.9 Å². The number of rotatable bonds is 1. The fraction of sp³-hybridized carbons (Fsp3) is 0.444. The smallest absolute Gasteiger partial charge is 0.0624 e. The van der Waals surface area contributed by atoms with E-state index in [2.05, 4.69) is 4.98 Å². The predicted octanol–water partition coefficient (Wildman–Crippen LogP) is 2.92. The minimum Gasteiger partial charge on any atom is -0.256 e. The van der Waals surface area contributed by atoms with Gasteiger partial charge in [-0.15, -0.1) is 0 Å². The van der Waals surface area contributed by atoms with Crippen molar-refractivity contribution in [1.29, 1.82) is 0 Å². The number of hydrogen-bond acceptors (Lipinski definition) is 1. The molecular weight excluding hydrogens is 158 g/mol. The first-order chi connectivity index (χ1) is 5.27. The highest BCUT2D eigenvalue weighted by atomic mass is 35.5. The van der Waals surface area contributed by atoms with Crippen LogP contribution in [0.3, 0.4) is 0 Å². The lowest BCUT2D eigenvalue weighted by molar-refractivity contribution is 0.995. The van der Waals surface area contributed by atoms with E-state index in [1.165, 1.54) is 12.8 Å². The van der Waals surface area contributed by atoms with Gasteiger partial charge >= 0.3 is 0 Å². The molecule has 1 aromatic rings. The monoisotopic (exact) mass is 167 g/mol. The second-order valence-electron chi connectivity index (χ2n) is 3.09. The van der Waals surface area contributed by atoms with Gasteiger partial charge < -0.3 is 0 Å². The van der Waals surface area contributed by atoms with Crippen LogP contribution in [-0.2, 0) is 0 Å². The Kier molecular flexibility index (Phi) is 1.61. The Labute approximate surface area is 71.4 Å². The van der Waals surface area contributed by atoms with Gasteiger partial charge in [-0.25, -0.2) is 0 Å². The van der Waals surface area contributed by atoms with Gasteiger partial charge in [-0.2, -0.15) is 0 Å². The van der Waals surface area contributed by atoms with Crippen molar-refractivity contribution in [2.45, 2.75) is 25.7 Å². The Morgan fingerprint density at radius 3 is 2.82 bits per heavy atom. The van der Waals surface area contributed by atoms with Crippen molar-refractivity contribution >= 4 is 11.6 Å². The standard InChI is InChI=1S/C9H10ClN/c1-6-2-5-8(10)9(11-6)7-3-4-7/h2,5,7H,3-4H2,1H3. The molecule has 1 saturated carbocycles. The fourth-order valence-corrected chi connectivity index (χ4v) is 1.46. The number of aromatic nitrogens is 1. The highest BCUT2D eigenvalue weighted by molar-refractivity contribution is 6.31. The quantitative estimate of drug-likeness (QED) is 0.627. The predicted molar refractivity (Wildman–Crippen MR) is 46.0 cm³/mol. The molecule has 0 aromatic carbocycles. The van der Waals surface area contributed by atoms with E-state index in [4.69, 9.17) is 11.6 Å². The molecule has 0 bridgehead atoms. The van der Waals surface area contributed by atoms with E-state index in [9.17, 15) is 0 Å². The third kappa shape index (κ3) is 1.38. The molecule has 1 aliphatic carbocycles. The summed E-state index contributed by atoms with van der Waals surface area (Å²) < 4.78 is 0. The molecule has 2 rings (SSSR count). The first kappa shape index (κ1) is 7.11. The van der Waals surface area contributed by atoms with Gasteiger partial charge in [-0.3, -0.25) is 4.98 Å². The number of halogens is 1. The van der Waals surface area contributed by atoms with Crippen LogP contribution in [0.5, 0.6) is 0 Å². The van der Waals surface area contributed by atoms with Gasteiger partial charge in [0.15, 0.2) is 0 Å². The molecule has 0 N–H and O–H groups in total. The third-order valence-corrected chi connectivity index (χ3v) is 2.30. The maximum Gasteiger partial charge on any atom is 0.0624 e. The molecule has 1 fully saturated rings. The first-order valence-electron chi connectivity index (χ1n) is 3.90. The number of nitrogens with zero attached hydrogens (tertiary/aromatic N) is 1. The lowest BCUT2D eigenvalue weighted by Crippen LogP contribution is -1.89. The van der Waals surface area contributed by atoms with E-state index in [1.807, 2.05) is 19.1 Å². The van der Waals surface area contributed by atoms with E-state index in [-0.39, 0.29) is 0 Å². The van der Waals surface area contributed by atoms with Crippen LogP contribution in [0.25, 0.3) is 0 Å². The third-order valence-electron chi connectivity index (χ3n) is 1.98. The normalized spacial score (nSPS) is 16.9. The molecule has 1 aliphatic rings. The summed E-state index contributed by atoms with van der Waals surface area (Å²) >= 11 is 5.97. The van der Waals surface area contributed by atoms with Crippen LogP contribution in [-0.4, -0.2) is 4.98 Å². The van der Waals surface area contributed by atoms with Crippen LogP contribution in [0.2, 0.25) is 5.02 Å². The van der Waals surface area contributed by atoms with E-state index in [0.29, 0.717) is 5.92 Å². The maximum atomic E-state index is 5.97. The molecule has 2 heteroatoms. The van der Waals surface area contributed by atoms with Gasteiger partial charge in [0.2, 0.25) is 0 Å². The van der Waals surface area contributed by atoms with Crippen molar-refractivity contribution in [3.63, 3.8) is 0 Å².